The summed E-state index contributed by atoms with van der Waals surface area (Å²) in [5, 5.41) is 0. The van der Waals surface area contributed by atoms with Gasteiger partial charge in [0.2, 0.25) is 0 Å². The van der Waals surface area contributed by atoms with Gasteiger partial charge in [-0.05, 0) is 66.5 Å². The van der Waals surface area contributed by atoms with E-state index in [9.17, 15) is 9.59 Å². The summed E-state index contributed by atoms with van der Waals surface area (Å²) >= 11 is 4.74. The van der Waals surface area contributed by atoms with E-state index in [1.165, 1.54) is 11.3 Å². The molecule has 0 amide bonds. The van der Waals surface area contributed by atoms with Crippen LogP contribution in [0.15, 0.2) is 61.9 Å². The number of hydrogen-bond acceptors (Lipinski definition) is 8. The number of methoxy groups -OCH3 is 2. The number of carbonyl (C=O) groups excluding carboxylic acids is 1. The van der Waals surface area contributed by atoms with Gasteiger partial charge in [-0.2, -0.15) is 0 Å². The third-order valence-electron chi connectivity index (χ3n) is 5.81. The van der Waals surface area contributed by atoms with Crippen LogP contribution < -0.4 is 29.1 Å². The lowest BCUT2D eigenvalue weighted by Gasteiger charge is -2.24. The van der Waals surface area contributed by atoms with Gasteiger partial charge in [0.05, 0.1) is 53.8 Å². The number of carbonyl (C=O) groups is 1. The van der Waals surface area contributed by atoms with Crippen molar-refractivity contribution in [1.29, 1.82) is 0 Å². The number of rotatable bonds is 8. The Kier molecular flexibility index (Phi) is 8.19. The minimum Gasteiger partial charge on any atom is -0.496 e. The summed E-state index contributed by atoms with van der Waals surface area (Å²) in [4.78, 5) is 32.0. The van der Waals surface area contributed by atoms with Crippen LogP contribution >= 0.6 is 27.3 Å². The largest absolute Gasteiger partial charge is 0.496 e. The maximum atomic E-state index is 13.8. The van der Waals surface area contributed by atoms with Gasteiger partial charge >= 0.3 is 5.97 Å². The van der Waals surface area contributed by atoms with Gasteiger partial charge in [-0.15, -0.1) is 0 Å². The molecule has 37 heavy (non-hydrogen) atoms. The number of benzene rings is 2. The molecule has 8 nitrogen and oxygen atoms in total. The van der Waals surface area contributed by atoms with Gasteiger partial charge in [-0.3, -0.25) is 9.36 Å². The van der Waals surface area contributed by atoms with Gasteiger partial charge < -0.3 is 18.9 Å². The van der Waals surface area contributed by atoms with Crippen molar-refractivity contribution in [2.24, 2.45) is 4.99 Å². The highest BCUT2D eigenvalue weighted by atomic mass is 79.9. The quantitative estimate of drug-likeness (QED) is 0.371. The zero-order chi connectivity index (χ0) is 26.7. The number of allylic oxidation sites excluding steroid dienone is 1. The first kappa shape index (κ1) is 26.7. The van der Waals surface area contributed by atoms with Gasteiger partial charge in [-0.25, -0.2) is 9.79 Å². The molecule has 1 aliphatic rings. The number of hydrogen-bond donors (Lipinski definition) is 0. The highest BCUT2D eigenvalue weighted by molar-refractivity contribution is 9.10. The van der Waals surface area contributed by atoms with Crippen LogP contribution in [0, 0.1) is 0 Å². The molecule has 0 bridgehead atoms. The van der Waals surface area contributed by atoms with Crippen molar-refractivity contribution >= 4 is 39.3 Å². The molecule has 10 heteroatoms. The summed E-state index contributed by atoms with van der Waals surface area (Å²) in [7, 11) is 3.13. The molecule has 1 atom stereocenters. The highest BCUT2D eigenvalue weighted by Crippen LogP contribution is 2.34. The van der Waals surface area contributed by atoms with Crippen LogP contribution in [0.4, 0.5) is 0 Å². The minimum atomic E-state index is -0.697. The fourth-order valence-corrected chi connectivity index (χ4v) is 5.72. The number of nitrogens with zero attached hydrogens (tertiary/aromatic N) is 2. The molecule has 1 aliphatic heterocycles. The summed E-state index contributed by atoms with van der Waals surface area (Å²) in [6.45, 7) is 6.16. The van der Waals surface area contributed by atoms with Gasteiger partial charge in [0.1, 0.15) is 17.2 Å². The number of aromatic nitrogens is 1. The second-order valence-corrected chi connectivity index (χ2v) is 9.90. The Morgan fingerprint density at radius 3 is 2.43 bits per heavy atom. The Morgan fingerprint density at radius 1 is 1.11 bits per heavy atom. The Balaban J connectivity index is 1.93. The molecule has 0 unspecified atom stereocenters. The molecule has 2 aromatic carbocycles. The maximum absolute atomic E-state index is 13.8. The molecule has 2 heterocycles. The lowest BCUT2D eigenvalue weighted by molar-refractivity contribution is -0.139. The van der Waals surface area contributed by atoms with Crippen molar-refractivity contribution in [2.75, 3.05) is 27.4 Å². The average molecular weight is 587 g/mol. The van der Waals surface area contributed by atoms with Crippen LogP contribution in [0.3, 0.4) is 0 Å². The third-order valence-corrected chi connectivity index (χ3v) is 7.42. The van der Waals surface area contributed by atoms with E-state index < -0.39 is 12.0 Å². The third kappa shape index (κ3) is 5.21. The molecular formula is C27H27BrN2O6S. The second-order valence-electron chi connectivity index (χ2n) is 8.03. The van der Waals surface area contributed by atoms with E-state index >= 15 is 0 Å². The molecule has 0 saturated carbocycles. The van der Waals surface area contributed by atoms with Crippen molar-refractivity contribution in [1.82, 2.24) is 4.57 Å². The maximum Gasteiger partial charge on any atom is 0.338 e. The number of halogens is 1. The summed E-state index contributed by atoms with van der Waals surface area (Å²) < 4.78 is 24.5. The Morgan fingerprint density at radius 2 is 1.81 bits per heavy atom. The molecule has 0 fully saturated rings. The summed E-state index contributed by atoms with van der Waals surface area (Å²) in [5.41, 5.74) is 2.01. The van der Waals surface area contributed by atoms with Crippen LogP contribution in [0.2, 0.25) is 0 Å². The van der Waals surface area contributed by atoms with E-state index in [-0.39, 0.29) is 12.2 Å². The van der Waals surface area contributed by atoms with E-state index in [2.05, 4.69) is 20.9 Å². The first-order chi connectivity index (χ1) is 17.8. The molecule has 0 radical (unpaired) electrons. The lowest BCUT2D eigenvalue weighted by Crippen LogP contribution is -2.39. The van der Waals surface area contributed by atoms with Crippen LogP contribution in [-0.4, -0.2) is 38.0 Å². The number of thiazole rings is 1. The first-order valence-corrected chi connectivity index (χ1v) is 13.3. The van der Waals surface area contributed by atoms with Crippen molar-refractivity contribution in [3.63, 3.8) is 0 Å². The number of fused-ring (bicyclic) bond motifs is 1. The summed E-state index contributed by atoms with van der Waals surface area (Å²) in [6.07, 6.45) is 1.76. The van der Waals surface area contributed by atoms with E-state index in [0.717, 1.165) is 10.0 Å². The molecular weight excluding hydrogens is 560 g/mol. The van der Waals surface area contributed by atoms with E-state index in [4.69, 9.17) is 18.9 Å². The topological polar surface area (TPSA) is 88.4 Å². The molecule has 1 aromatic heterocycles. The highest BCUT2D eigenvalue weighted by Gasteiger charge is 2.33. The Bertz CT molecular complexity index is 1540. The monoisotopic (exact) mass is 586 g/mol. The zero-order valence-corrected chi connectivity index (χ0v) is 23.6. The molecule has 0 aliphatic carbocycles. The van der Waals surface area contributed by atoms with Gasteiger partial charge in [0.15, 0.2) is 4.80 Å². The van der Waals surface area contributed by atoms with Crippen LogP contribution in [0.1, 0.15) is 37.9 Å². The van der Waals surface area contributed by atoms with Crippen molar-refractivity contribution < 1.29 is 23.7 Å². The fourth-order valence-electron chi connectivity index (χ4n) is 4.16. The minimum absolute atomic E-state index is 0.210. The molecule has 0 spiro atoms. The average Bonchev–Trinajstić information content (AvgIpc) is 3.18. The number of ether oxygens (including phenoxy) is 4. The normalized spacial score (nSPS) is 15.2. The molecule has 0 N–H and O–H groups in total. The second kappa shape index (κ2) is 11.4. The van der Waals surface area contributed by atoms with E-state index in [1.807, 2.05) is 37.3 Å². The van der Waals surface area contributed by atoms with Gasteiger partial charge in [0, 0.05) is 11.6 Å². The predicted molar refractivity (Wildman–Crippen MR) is 145 cm³/mol. The fraction of sp³-hybridized carbons (Fsp3) is 0.296. The van der Waals surface area contributed by atoms with Crippen molar-refractivity contribution in [3.05, 3.63) is 83.0 Å². The molecule has 4 rings (SSSR count). The Hall–Kier alpha value is -3.37. The standard InChI is InChI=1S/C27H27BrN2O6S/c1-6-35-18-10-8-16(9-11-18)24-23(26(32)36-7-2)15(3)29-27-30(24)25(31)22(37-27)13-17-12-19(28)21(34-5)14-20(17)33-4/h8-14,24H,6-7H2,1-5H3/t24-/m0/s1. The summed E-state index contributed by atoms with van der Waals surface area (Å²) in [6, 6.07) is 10.2. The van der Waals surface area contributed by atoms with E-state index in [1.54, 1.807) is 44.8 Å². The van der Waals surface area contributed by atoms with Crippen molar-refractivity contribution in [3.8, 4) is 17.2 Å². The van der Waals surface area contributed by atoms with Gasteiger partial charge in [-0.1, -0.05) is 23.5 Å². The van der Waals surface area contributed by atoms with Gasteiger partial charge in [0.25, 0.3) is 5.56 Å². The summed E-state index contributed by atoms with van der Waals surface area (Å²) in [5.74, 6) is 1.37. The molecule has 3 aromatic rings. The zero-order valence-electron chi connectivity index (χ0n) is 21.2. The van der Waals surface area contributed by atoms with Crippen LogP contribution in [0.25, 0.3) is 6.08 Å². The predicted octanol–water partition coefficient (Wildman–Crippen LogP) is 3.98. The van der Waals surface area contributed by atoms with Crippen LogP contribution in [0.5, 0.6) is 17.2 Å². The smallest absolute Gasteiger partial charge is 0.338 e. The molecule has 194 valence electrons. The van der Waals surface area contributed by atoms with Crippen LogP contribution in [-0.2, 0) is 9.53 Å². The SMILES string of the molecule is CCOC(=O)C1=C(C)N=c2sc(=Cc3cc(Br)c(OC)cc3OC)c(=O)n2[C@H]1c1ccc(OCC)cc1. The molecule has 0 saturated heterocycles. The Labute approximate surface area is 226 Å². The lowest BCUT2D eigenvalue weighted by atomic mass is 9.96. The first-order valence-electron chi connectivity index (χ1n) is 11.7. The van der Waals surface area contributed by atoms with Crippen molar-refractivity contribution in [2.45, 2.75) is 26.8 Å². The number of esters is 1. The van der Waals surface area contributed by atoms with E-state index in [0.29, 0.717) is 50.0 Å².